The molecule has 21 heavy (non-hydrogen) atoms. The number of rotatable bonds is 4. The summed E-state index contributed by atoms with van der Waals surface area (Å²) in [6.07, 6.45) is 1.41. The van der Waals surface area contributed by atoms with Gasteiger partial charge in [0, 0.05) is 4.47 Å². The lowest BCUT2D eigenvalue weighted by Crippen LogP contribution is -2.43. The second-order valence-electron chi connectivity index (χ2n) is 4.14. The van der Waals surface area contributed by atoms with E-state index in [0.717, 1.165) is 4.47 Å². The van der Waals surface area contributed by atoms with Gasteiger partial charge in [0.1, 0.15) is 11.5 Å². The number of nitrogens with one attached hydrogen (secondary N) is 2. The molecule has 0 radical (unpaired) electrons. The van der Waals surface area contributed by atoms with Gasteiger partial charge in [-0.3, -0.25) is 20.4 Å². The maximum atomic E-state index is 11.7. The molecule has 1 aromatic heterocycles. The number of aryl methyl sites for hydroxylation is 1. The average Bonchev–Trinajstić information content (AvgIpc) is 2.89. The number of amides is 2. The average molecular weight is 353 g/mol. The van der Waals surface area contributed by atoms with Gasteiger partial charge in [-0.2, -0.15) is 0 Å². The molecular formula is C14H13BrN2O4. The Hall–Kier alpha value is -2.28. The van der Waals surface area contributed by atoms with Crippen LogP contribution in [0.4, 0.5) is 0 Å². The molecule has 0 unspecified atom stereocenters. The van der Waals surface area contributed by atoms with Gasteiger partial charge in [-0.25, -0.2) is 0 Å². The Balaban J connectivity index is 1.78. The first-order valence-corrected chi connectivity index (χ1v) is 6.87. The van der Waals surface area contributed by atoms with Crippen molar-refractivity contribution >= 4 is 27.7 Å². The van der Waals surface area contributed by atoms with E-state index in [1.165, 1.54) is 12.3 Å². The van der Waals surface area contributed by atoms with Gasteiger partial charge < -0.3 is 9.15 Å². The van der Waals surface area contributed by atoms with Crippen molar-refractivity contribution in [3.8, 4) is 5.75 Å². The molecule has 0 atom stereocenters. The highest BCUT2D eigenvalue weighted by Crippen LogP contribution is 2.17. The van der Waals surface area contributed by atoms with E-state index in [-0.39, 0.29) is 6.61 Å². The van der Waals surface area contributed by atoms with Gasteiger partial charge in [0.15, 0.2) is 6.61 Å². The lowest BCUT2D eigenvalue weighted by atomic mass is 10.2. The molecule has 0 saturated carbocycles. The molecule has 1 aromatic carbocycles. The molecule has 2 amide bonds. The van der Waals surface area contributed by atoms with Gasteiger partial charge in [-0.15, -0.1) is 0 Å². The first kappa shape index (κ1) is 15.1. The quantitative estimate of drug-likeness (QED) is 0.826. The minimum atomic E-state index is -0.468. The van der Waals surface area contributed by atoms with E-state index < -0.39 is 11.8 Å². The molecule has 0 aliphatic carbocycles. The first-order chi connectivity index (χ1) is 10.1. The van der Waals surface area contributed by atoms with Crippen LogP contribution in [0.2, 0.25) is 0 Å². The van der Waals surface area contributed by atoms with Crippen LogP contribution in [0.15, 0.2) is 45.5 Å². The highest BCUT2D eigenvalue weighted by molar-refractivity contribution is 9.10. The van der Waals surface area contributed by atoms with Gasteiger partial charge in [0.2, 0.25) is 0 Å². The van der Waals surface area contributed by atoms with E-state index in [2.05, 4.69) is 26.8 Å². The Morgan fingerprint density at radius 1 is 1.29 bits per heavy atom. The van der Waals surface area contributed by atoms with E-state index in [1.54, 1.807) is 25.1 Å². The Morgan fingerprint density at radius 3 is 2.76 bits per heavy atom. The summed E-state index contributed by atoms with van der Waals surface area (Å²) >= 11 is 3.30. The summed E-state index contributed by atoms with van der Waals surface area (Å²) in [5.74, 6) is 0.116. The molecule has 0 bridgehead atoms. The third-order valence-electron chi connectivity index (χ3n) is 2.58. The molecule has 0 aliphatic rings. The molecular weight excluding hydrogens is 340 g/mol. The largest absolute Gasteiger partial charge is 0.484 e. The predicted octanol–water partition coefficient (Wildman–Crippen LogP) is 2.19. The van der Waals surface area contributed by atoms with Crippen molar-refractivity contribution < 1.29 is 18.7 Å². The van der Waals surface area contributed by atoms with Crippen LogP contribution in [-0.2, 0) is 4.79 Å². The van der Waals surface area contributed by atoms with Crippen LogP contribution in [0.1, 0.15) is 16.1 Å². The maximum absolute atomic E-state index is 11.7. The fraction of sp³-hybridized carbons (Fsp3) is 0.143. The summed E-state index contributed by atoms with van der Waals surface area (Å²) in [4.78, 5) is 23.3. The number of carbonyl (C=O) groups excluding carboxylic acids is 2. The summed E-state index contributed by atoms with van der Waals surface area (Å²) in [5, 5.41) is 0. The monoisotopic (exact) mass is 352 g/mol. The molecule has 2 rings (SSSR count). The predicted molar refractivity (Wildman–Crippen MR) is 78.7 cm³/mol. The number of benzene rings is 1. The van der Waals surface area contributed by atoms with Crippen molar-refractivity contribution in [2.24, 2.45) is 0 Å². The standard InChI is InChI=1S/C14H13BrN2O4/c1-9-12(5-6-20-9)14(19)17-16-13(18)8-21-11-4-2-3-10(15)7-11/h2-7H,8H2,1H3,(H,16,18)(H,17,19). The van der Waals surface area contributed by atoms with E-state index in [1.807, 2.05) is 6.07 Å². The Labute approximate surface area is 129 Å². The highest BCUT2D eigenvalue weighted by Gasteiger charge is 2.12. The molecule has 0 spiro atoms. The van der Waals surface area contributed by atoms with Crippen molar-refractivity contribution in [3.05, 3.63) is 52.4 Å². The molecule has 0 saturated heterocycles. The van der Waals surface area contributed by atoms with E-state index >= 15 is 0 Å². The zero-order valence-electron chi connectivity index (χ0n) is 11.2. The number of hydrazine groups is 1. The van der Waals surface area contributed by atoms with E-state index in [9.17, 15) is 9.59 Å². The Bertz CT molecular complexity index is 654. The van der Waals surface area contributed by atoms with E-state index in [0.29, 0.717) is 17.1 Å². The van der Waals surface area contributed by atoms with Crippen molar-refractivity contribution in [3.63, 3.8) is 0 Å². The minimum absolute atomic E-state index is 0.207. The van der Waals surface area contributed by atoms with Gasteiger partial charge in [0.05, 0.1) is 11.8 Å². The second-order valence-corrected chi connectivity index (χ2v) is 5.05. The third-order valence-corrected chi connectivity index (χ3v) is 3.08. The third kappa shape index (κ3) is 4.35. The van der Waals surface area contributed by atoms with Crippen molar-refractivity contribution in [2.45, 2.75) is 6.92 Å². The Kier molecular flexibility index (Phi) is 4.99. The van der Waals surface area contributed by atoms with Crippen LogP contribution in [0.3, 0.4) is 0 Å². The fourth-order valence-electron chi connectivity index (χ4n) is 1.56. The molecule has 110 valence electrons. The molecule has 2 aromatic rings. The van der Waals surface area contributed by atoms with Gasteiger partial charge in [0.25, 0.3) is 11.8 Å². The second kappa shape index (κ2) is 6.94. The summed E-state index contributed by atoms with van der Waals surface area (Å²) in [5.41, 5.74) is 4.92. The molecule has 0 fully saturated rings. The van der Waals surface area contributed by atoms with Crippen molar-refractivity contribution in [1.82, 2.24) is 10.9 Å². The molecule has 6 nitrogen and oxygen atoms in total. The van der Waals surface area contributed by atoms with Gasteiger partial charge in [-0.05, 0) is 31.2 Å². The topological polar surface area (TPSA) is 80.6 Å². The van der Waals surface area contributed by atoms with Crippen LogP contribution in [0.5, 0.6) is 5.75 Å². The fourth-order valence-corrected chi connectivity index (χ4v) is 1.93. The van der Waals surface area contributed by atoms with E-state index in [4.69, 9.17) is 9.15 Å². The maximum Gasteiger partial charge on any atom is 0.276 e. The first-order valence-electron chi connectivity index (χ1n) is 6.08. The number of hydrogen-bond donors (Lipinski definition) is 2. The summed E-state index contributed by atoms with van der Waals surface area (Å²) in [6, 6.07) is 8.63. The SMILES string of the molecule is Cc1occc1C(=O)NNC(=O)COc1cccc(Br)c1. The summed E-state index contributed by atoms with van der Waals surface area (Å²) < 4.78 is 11.1. The summed E-state index contributed by atoms with van der Waals surface area (Å²) in [6.45, 7) is 1.45. The molecule has 7 heteroatoms. The lowest BCUT2D eigenvalue weighted by molar-refractivity contribution is -0.123. The zero-order valence-corrected chi connectivity index (χ0v) is 12.8. The van der Waals surface area contributed by atoms with Crippen molar-refractivity contribution in [2.75, 3.05) is 6.61 Å². The van der Waals surface area contributed by atoms with Crippen LogP contribution in [0, 0.1) is 6.92 Å². The molecule has 2 N–H and O–H groups in total. The number of halogens is 1. The van der Waals surface area contributed by atoms with Crippen molar-refractivity contribution in [1.29, 1.82) is 0 Å². The number of furan rings is 1. The van der Waals surface area contributed by atoms with Gasteiger partial charge in [-0.1, -0.05) is 22.0 Å². The molecule has 1 heterocycles. The highest BCUT2D eigenvalue weighted by atomic mass is 79.9. The smallest absolute Gasteiger partial charge is 0.276 e. The number of carbonyl (C=O) groups is 2. The normalized spacial score (nSPS) is 10.0. The van der Waals surface area contributed by atoms with Gasteiger partial charge >= 0.3 is 0 Å². The van der Waals surface area contributed by atoms with Crippen LogP contribution in [-0.4, -0.2) is 18.4 Å². The molecule has 0 aliphatic heterocycles. The van der Waals surface area contributed by atoms with Crippen LogP contribution >= 0.6 is 15.9 Å². The zero-order chi connectivity index (χ0) is 15.2. The van der Waals surface area contributed by atoms with Crippen LogP contribution < -0.4 is 15.6 Å². The number of ether oxygens (including phenoxy) is 1. The minimum Gasteiger partial charge on any atom is -0.484 e. The lowest BCUT2D eigenvalue weighted by Gasteiger charge is -2.08. The summed E-state index contributed by atoms with van der Waals surface area (Å²) in [7, 11) is 0. The Morgan fingerprint density at radius 2 is 2.10 bits per heavy atom. The van der Waals surface area contributed by atoms with Crippen LogP contribution in [0.25, 0.3) is 0 Å². The number of hydrogen-bond acceptors (Lipinski definition) is 4.